The van der Waals surface area contributed by atoms with Gasteiger partial charge < -0.3 is 15.1 Å². The van der Waals surface area contributed by atoms with E-state index in [1.165, 1.54) is 4.68 Å². The number of hydrogen-bond donors (Lipinski definition) is 1. The van der Waals surface area contributed by atoms with Gasteiger partial charge in [0.15, 0.2) is 5.82 Å². The summed E-state index contributed by atoms with van der Waals surface area (Å²) < 4.78 is 31.6. The minimum Gasteiger partial charge on any atom is -0.353 e. The molecule has 0 unspecified atom stereocenters. The molecule has 0 saturated carbocycles. The number of nitrogens with zero attached hydrogens (tertiary/aromatic N) is 6. The van der Waals surface area contributed by atoms with Gasteiger partial charge in [0, 0.05) is 43.2 Å². The van der Waals surface area contributed by atoms with Crippen molar-refractivity contribution in [3.05, 3.63) is 94.8 Å². The number of aryl methyl sites for hydroxylation is 3. The smallest absolute Gasteiger partial charge is 0.353 e. The maximum Gasteiger partial charge on any atom is 0.353 e. The summed E-state index contributed by atoms with van der Waals surface area (Å²) in [6, 6.07) is 19.3. The van der Waals surface area contributed by atoms with Crippen LogP contribution >= 0.6 is 0 Å². The molecule has 5 rings (SSSR count). The lowest BCUT2D eigenvalue weighted by atomic mass is 9.92. The van der Waals surface area contributed by atoms with E-state index in [-0.39, 0.29) is 11.7 Å². The van der Waals surface area contributed by atoms with Crippen molar-refractivity contribution in [2.24, 2.45) is 0 Å². The third kappa shape index (κ3) is 7.98. The van der Waals surface area contributed by atoms with Crippen LogP contribution in [-0.4, -0.2) is 72.5 Å². The second kappa shape index (κ2) is 13.2. The van der Waals surface area contributed by atoms with Crippen molar-refractivity contribution in [2.75, 3.05) is 47.7 Å². The predicted molar refractivity (Wildman–Crippen MR) is 183 cm³/mol. The average molecular weight is 660 g/mol. The fraction of sp³-hybridized carbons (Fsp3) is 0.353. The highest BCUT2D eigenvalue weighted by atomic mass is 32.2. The van der Waals surface area contributed by atoms with Crippen LogP contribution in [0.5, 0.6) is 0 Å². The summed E-state index contributed by atoms with van der Waals surface area (Å²) in [6.07, 6.45) is 0.875. The van der Waals surface area contributed by atoms with Crippen LogP contribution < -0.4 is 15.3 Å². The van der Waals surface area contributed by atoms with Crippen LogP contribution in [0.4, 0.5) is 22.1 Å². The van der Waals surface area contributed by atoms with Gasteiger partial charge in [0.2, 0.25) is 0 Å². The third-order valence-corrected chi connectivity index (χ3v) is 8.26. The van der Waals surface area contributed by atoms with E-state index in [1.807, 2.05) is 88.0 Å². The zero-order valence-electron chi connectivity index (χ0n) is 27.8. The minimum absolute atomic E-state index is 0.00561. The van der Waals surface area contributed by atoms with E-state index in [0.29, 0.717) is 65.4 Å². The van der Waals surface area contributed by atoms with Crippen molar-refractivity contribution < 1.29 is 22.3 Å². The van der Waals surface area contributed by atoms with Crippen LogP contribution in [0, 0.1) is 20.8 Å². The average Bonchev–Trinajstić information content (AvgIpc) is 3.47. The highest BCUT2D eigenvalue weighted by Crippen LogP contribution is 2.30. The number of carbonyl (C=O) groups is 2. The lowest BCUT2D eigenvalue weighted by Gasteiger charge is -2.35. The summed E-state index contributed by atoms with van der Waals surface area (Å²) in [5.41, 5.74) is 4.56. The molecule has 3 amide bonds. The zero-order chi connectivity index (χ0) is 34.1. The molecule has 0 spiro atoms. The monoisotopic (exact) mass is 659 g/mol. The summed E-state index contributed by atoms with van der Waals surface area (Å²) in [4.78, 5) is 35.4. The first kappa shape index (κ1) is 33.6. The summed E-state index contributed by atoms with van der Waals surface area (Å²) in [5.74, 6) is 0.826. The lowest BCUT2D eigenvalue weighted by Crippen LogP contribution is -2.49. The molecular weight excluding hydrogens is 618 g/mol. The molecule has 0 bridgehead atoms. The normalized spacial score (nSPS) is 13.9. The Bertz CT molecular complexity index is 1870. The molecule has 1 fully saturated rings. The van der Waals surface area contributed by atoms with Crippen LogP contribution in [0.25, 0.3) is 5.69 Å². The quantitative estimate of drug-likeness (QED) is 0.262. The number of piperazine rings is 1. The molecule has 3 heterocycles. The molecule has 1 aliphatic heterocycles. The van der Waals surface area contributed by atoms with Crippen LogP contribution in [0.3, 0.4) is 0 Å². The molecule has 1 saturated heterocycles. The molecule has 2 aromatic carbocycles. The van der Waals surface area contributed by atoms with Crippen LogP contribution in [0.2, 0.25) is 0 Å². The molecule has 0 atom stereocenters. The van der Waals surface area contributed by atoms with Crippen molar-refractivity contribution in [1.29, 1.82) is 0 Å². The lowest BCUT2D eigenvalue weighted by molar-refractivity contribution is 0.0746. The fourth-order valence-corrected chi connectivity index (χ4v) is 5.52. The van der Waals surface area contributed by atoms with Gasteiger partial charge in [0.25, 0.3) is 16.0 Å². The SMILES string of the molecule is Cc1ccc(C(=O)N2CCN(c3ccc(NC(=O)N(OS(C)(=O)=O)c4cc(C(C)(C)C)nn4-c4ccc(C)cc4)c(C)n3)CC2)cc1. The number of carbonyl (C=O) groups excluding carboxylic acids is 2. The number of aromatic nitrogens is 3. The second-order valence-corrected chi connectivity index (χ2v) is 14.4. The van der Waals surface area contributed by atoms with Crippen molar-refractivity contribution in [1.82, 2.24) is 19.7 Å². The molecule has 1 N–H and O–H groups in total. The maximum atomic E-state index is 13.8. The van der Waals surface area contributed by atoms with Crippen LogP contribution in [-0.2, 0) is 19.8 Å². The first-order valence-corrected chi connectivity index (χ1v) is 17.2. The van der Waals surface area contributed by atoms with Gasteiger partial charge in [0.1, 0.15) is 5.82 Å². The van der Waals surface area contributed by atoms with Gasteiger partial charge in [-0.15, -0.1) is 9.35 Å². The maximum absolute atomic E-state index is 13.8. The summed E-state index contributed by atoms with van der Waals surface area (Å²) in [5, 5.41) is 8.18. The summed E-state index contributed by atoms with van der Waals surface area (Å²) in [7, 11) is -4.13. The number of hydroxylamine groups is 1. The Kier molecular flexibility index (Phi) is 9.41. The first-order chi connectivity index (χ1) is 22.1. The third-order valence-electron chi connectivity index (χ3n) is 7.84. The van der Waals surface area contributed by atoms with Crippen molar-refractivity contribution in [3.8, 4) is 5.69 Å². The number of hydrogen-bond acceptors (Lipinski definition) is 8. The van der Waals surface area contributed by atoms with Crippen LogP contribution in [0.15, 0.2) is 66.7 Å². The van der Waals surface area contributed by atoms with Gasteiger partial charge in [-0.2, -0.15) is 13.5 Å². The van der Waals surface area contributed by atoms with Gasteiger partial charge in [-0.1, -0.05) is 56.2 Å². The fourth-order valence-electron chi connectivity index (χ4n) is 5.11. The highest BCUT2D eigenvalue weighted by molar-refractivity contribution is 7.86. The number of amides is 3. The molecule has 1 aliphatic rings. The Morgan fingerprint density at radius 3 is 2.02 bits per heavy atom. The number of benzene rings is 2. The Morgan fingerprint density at radius 2 is 1.47 bits per heavy atom. The number of rotatable bonds is 7. The van der Waals surface area contributed by atoms with E-state index >= 15 is 0 Å². The molecule has 248 valence electrons. The molecule has 13 heteroatoms. The van der Waals surface area contributed by atoms with Crippen LogP contribution in [0.1, 0.15) is 53.6 Å². The van der Waals surface area contributed by atoms with Gasteiger partial charge >= 0.3 is 6.03 Å². The molecular formula is C34H41N7O5S. The van der Waals surface area contributed by atoms with E-state index < -0.39 is 21.6 Å². The van der Waals surface area contributed by atoms with Crippen molar-refractivity contribution in [3.63, 3.8) is 0 Å². The molecule has 4 aromatic rings. The Labute approximate surface area is 276 Å². The van der Waals surface area contributed by atoms with Gasteiger partial charge in [0.05, 0.1) is 29.0 Å². The highest BCUT2D eigenvalue weighted by Gasteiger charge is 2.31. The Balaban J connectivity index is 1.35. The second-order valence-electron chi connectivity index (χ2n) is 12.8. The van der Waals surface area contributed by atoms with E-state index in [9.17, 15) is 18.0 Å². The largest absolute Gasteiger partial charge is 0.353 e. The zero-order valence-corrected chi connectivity index (χ0v) is 28.6. The minimum atomic E-state index is -4.13. The molecule has 2 aromatic heterocycles. The van der Waals surface area contributed by atoms with Crippen molar-refractivity contribution >= 4 is 39.4 Å². The molecule has 12 nitrogen and oxygen atoms in total. The molecule has 47 heavy (non-hydrogen) atoms. The Hall–Kier alpha value is -4.75. The number of nitrogens with one attached hydrogen (secondary N) is 1. The number of anilines is 3. The summed E-state index contributed by atoms with van der Waals surface area (Å²) in [6.45, 7) is 13.9. The number of urea groups is 1. The van der Waals surface area contributed by atoms with Gasteiger partial charge in [-0.25, -0.2) is 14.5 Å². The van der Waals surface area contributed by atoms with E-state index in [4.69, 9.17) is 14.4 Å². The van der Waals surface area contributed by atoms with E-state index in [2.05, 4.69) is 10.2 Å². The van der Waals surface area contributed by atoms with E-state index in [0.717, 1.165) is 17.4 Å². The predicted octanol–water partition coefficient (Wildman–Crippen LogP) is 5.38. The summed E-state index contributed by atoms with van der Waals surface area (Å²) >= 11 is 0. The number of pyridine rings is 1. The van der Waals surface area contributed by atoms with E-state index in [1.54, 1.807) is 25.1 Å². The van der Waals surface area contributed by atoms with Gasteiger partial charge in [-0.3, -0.25) is 4.79 Å². The topological polar surface area (TPSA) is 130 Å². The standard InChI is InChI=1S/C34H41N7O5S/c1-23-8-12-26(13-9-23)32(42)39-20-18-38(19-21-39)30-17-16-28(25(3)35-30)36-33(43)41(46-47(7,44)45)31-22-29(34(4,5)6)37-40(31)27-14-10-24(2)11-15-27/h8-17,22H,18-21H2,1-7H3,(H,36,43). The van der Waals surface area contributed by atoms with Crippen molar-refractivity contribution in [2.45, 2.75) is 47.0 Å². The first-order valence-electron chi connectivity index (χ1n) is 15.4. The Morgan fingerprint density at radius 1 is 0.872 bits per heavy atom. The van der Waals surface area contributed by atoms with Gasteiger partial charge in [-0.05, 0) is 57.2 Å². The molecule has 0 aliphatic carbocycles. The molecule has 0 radical (unpaired) electrons.